The minimum Gasteiger partial charge on any atom is -0.508 e. The maximum absolute atomic E-state index is 12.5. The van der Waals surface area contributed by atoms with E-state index in [4.69, 9.17) is 4.74 Å². The zero-order chi connectivity index (χ0) is 19.9. The molecule has 2 heterocycles. The number of urea groups is 1. The van der Waals surface area contributed by atoms with E-state index < -0.39 is 18.0 Å². The summed E-state index contributed by atoms with van der Waals surface area (Å²) in [5.41, 5.74) is 0.718. The van der Waals surface area contributed by atoms with E-state index in [1.165, 1.54) is 12.1 Å². The number of hydrogen-bond donors (Lipinski definition) is 3. The highest BCUT2D eigenvalue weighted by Crippen LogP contribution is 2.18. The van der Waals surface area contributed by atoms with Gasteiger partial charge in [0.15, 0.2) is 0 Å². The van der Waals surface area contributed by atoms with Gasteiger partial charge in [0, 0.05) is 44.7 Å². The summed E-state index contributed by atoms with van der Waals surface area (Å²) in [4.78, 5) is 29.6. The molecule has 0 unspecified atom stereocenters. The first kappa shape index (κ1) is 19.5. The Morgan fingerprint density at radius 3 is 2.39 bits per heavy atom. The molecule has 8 heteroatoms. The third-order valence-corrected chi connectivity index (χ3v) is 4.65. The molecule has 2 amide bonds. The molecule has 2 aromatic rings. The summed E-state index contributed by atoms with van der Waals surface area (Å²) in [5.74, 6) is -0.244. The quantitative estimate of drug-likeness (QED) is 0.702. The Balaban J connectivity index is 1.50. The number of nitrogens with zero attached hydrogens (tertiary/aromatic N) is 2. The number of aliphatic carboxylic acids is 1. The number of likely N-dealkylation sites (tertiary alicyclic amines) is 1. The Bertz CT molecular complexity index is 789. The molecular weight excluding hydrogens is 362 g/mol. The number of pyridine rings is 1. The highest BCUT2D eigenvalue weighted by atomic mass is 16.5. The number of carbonyl (C=O) groups excluding carboxylic acids is 1. The van der Waals surface area contributed by atoms with Crippen molar-refractivity contribution in [1.29, 1.82) is 0 Å². The lowest BCUT2D eigenvalue weighted by atomic mass is 10.1. The van der Waals surface area contributed by atoms with Crippen LogP contribution >= 0.6 is 0 Å². The summed E-state index contributed by atoms with van der Waals surface area (Å²) in [6.45, 7) is 0.986. The van der Waals surface area contributed by atoms with Gasteiger partial charge in [-0.3, -0.25) is 4.98 Å². The van der Waals surface area contributed by atoms with Crippen LogP contribution in [0, 0.1) is 0 Å². The lowest BCUT2D eigenvalue weighted by Crippen LogP contribution is -2.51. The summed E-state index contributed by atoms with van der Waals surface area (Å²) in [6, 6.07) is 8.41. The monoisotopic (exact) mass is 385 g/mol. The van der Waals surface area contributed by atoms with Crippen LogP contribution in [-0.2, 0) is 11.2 Å². The summed E-state index contributed by atoms with van der Waals surface area (Å²) in [6.07, 6.45) is 4.83. The molecule has 1 aliphatic heterocycles. The number of nitrogens with one attached hydrogen (secondary N) is 1. The third-order valence-electron chi connectivity index (χ3n) is 4.65. The number of aromatic hydroxyl groups is 1. The van der Waals surface area contributed by atoms with Gasteiger partial charge in [-0.05, 0) is 29.8 Å². The number of carboxylic acid groups (broad SMARTS) is 1. The van der Waals surface area contributed by atoms with Crippen molar-refractivity contribution < 1.29 is 24.5 Å². The second-order valence-electron chi connectivity index (χ2n) is 6.70. The highest BCUT2D eigenvalue weighted by molar-refractivity contribution is 5.82. The molecular formula is C20H23N3O5. The summed E-state index contributed by atoms with van der Waals surface area (Å²) in [7, 11) is 0. The number of phenolic OH excluding ortho intramolecular Hbond substituents is 1. The van der Waals surface area contributed by atoms with Gasteiger partial charge in [-0.2, -0.15) is 0 Å². The number of hydrogen-bond acceptors (Lipinski definition) is 5. The van der Waals surface area contributed by atoms with Crippen LogP contribution in [0.25, 0.3) is 0 Å². The van der Waals surface area contributed by atoms with E-state index >= 15 is 0 Å². The Hall–Kier alpha value is -3.29. The molecule has 1 aromatic carbocycles. The smallest absolute Gasteiger partial charge is 0.326 e. The number of rotatable bonds is 6. The van der Waals surface area contributed by atoms with Gasteiger partial charge in [0.1, 0.15) is 23.6 Å². The zero-order valence-electron chi connectivity index (χ0n) is 15.3. The van der Waals surface area contributed by atoms with Gasteiger partial charge in [0.05, 0.1) is 0 Å². The first-order chi connectivity index (χ1) is 13.5. The van der Waals surface area contributed by atoms with Crippen molar-refractivity contribution in [2.75, 3.05) is 13.1 Å². The van der Waals surface area contributed by atoms with E-state index in [1.54, 1.807) is 41.6 Å². The van der Waals surface area contributed by atoms with E-state index in [2.05, 4.69) is 10.3 Å². The lowest BCUT2D eigenvalue weighted by molar-refractivity contribution is -0.139. The number of piperidine rings is 1. The van der Waals surface area contributed by atoms with Crippen molar-refractivity contribution >= 4 is 12.0 Å². The fourth-order valence-electron chi connectivity index (χ4n) is 3.09. The van der Waals surface area contributed by atoms with E-state index in [-0.39, 0.29) is 18.3 Å². The second-order valence-corrected chi connectivity index (χ2v) is 6.70. The van der Waals surface area contributed by atoms with Gasteiger partial charge in [-0.1, -0.05) is 12.1 Å². The van der Waals surface area contributed by atoms with E-state index in [0.29, 0.717) is 25.9 Å². The Morgan fingerprint density at radius 1 is 1.14 bits per heavy atom. The Morgan fingerprint density at radius 2 is 1.79 bits per heavy atom. The van der Waals surface area contributed by atoms with Crippen molar-refractivity contribution in [3.8, 4) is 11.5 Å². The Labute approximate surface area is 162 Å². The van der Waals surface area contributed by atoms with Crippen molar-refractivity contribution in [3.05, 3.63) is 54.4 Å². The Kier molecular flexibility index (Phi) is 6.31. The van der Waals surface area contributed by atoms with Crippen LogP contribution in [0.2, 0.25) is 0 Å². The summed E-state index contributed by atoms with van der Waals surface area (Å²) >= 11 is 0. The lowest BCUT2D eigenvalue weighted by Gasteiger charge is -2.33. The van der Waals surface area contributed by atoms with Crippen LogP contribution in [0.3, 0.4) is 0 Å². The molecule has 0 bridgehead atoms. The minimum absolute atomic E-state index is 0.0127. The molecule has 1 atom stereocenters. The molecule has 148 valence electrons. The predicted octanol–water partition coefficient (Wildman–Crippen LogP) is 2.04. The molecule has 1 fully saturated rings. The maximum atomic E-state index is 12.5. The number of aromatic nitrogens is 1. The fourth-order valence-corrected chi connectivity index (χ4v) is 3.09. The molecule has 3 rings (SSSR count). The second kappa shape index (κ2) is 9.07. The van der Waals surface area contributed by atoms with E-state index in [1.807, 2.05) is 0 Å². The largest absolute Gasteiger partial charge is 0.508 e. The summed E-state index contributed by atoms with van der Waals surface area (Å²) < 4.78 is 5.88. The topological polar surface area (TPSA) is 112 Å². The van der Waals surface area contributed by atoms with Crippen LogP contribution in [-0.4, -0.2) is 57.3 Å². The van der Waals surface area contributed by atoms with Crippen molar-refractivity contribution in [2.45, 2.75) is 31.4 Å². The fraction of sp³-hybridized carbons (Fsp3) is 0.350. The van der Waals surface area contributed by atoms with Crippen LogP contribution in [0.1, 0.15) is 18.4 Å². The van der Waals surface area contributed by atoms with E-state index in [0.717, 1.165) is 11.3 Å². The number of amides is 2. The third kappa shape index (κ3) is 5.35. The molecule has 3 N–H and O–H groups in total. The van der Waals surface area contributed by atoms with Crippen LogP contribution in [0.5, 0.6) is 11.5 Å². The van der Waals surface area contributed by atoms with Crippen molar-refractivity contribution in [2.24, 2.45) is 0 Å². The number of phenols is 1. The number of benzene rings is 1. The van der Waals surface area contributed by atoms with Gasteiger partial charge in [0.2, 0.25) is 0 Å². The van der Waals surface area contributed by atoms with Gasteiger partial charge in [0.25, 0.3) is 0 Å². The van der Waals surface area contributed by atoms with Gasteiger partial charge >= 0.3 is 12.0 Å². The first-order valence-electron chi connectivity index (χ1n) is 9.14. The normalized spacial score (nSPS) is 15.6. The van der Waals surface area contributed by atoms with Crippen LogP contribution in [0.4, 0.5) is 4.79 Å². The molecule has 1 aromatic heterocycles. The molecule has 1 aliphatic rings. The molecule has 8 nitrogen and oxygen atoms in total. The van der Waals surface area contributed by atoms with Crippen LogP contribution < -0.4 is 10.1 Å². The van der Waals surface area contributed by atoms with Gasteiger partial charge < -0.3 is 25.2 Å². The highest BCUT2D eigenvalue weighted by Gasteiger charge is 2.27. The number of carbonyl (C=O) groups is 2. The SMILES string of the molecule is O=C(O)[C@H](Cc1ccc(O)cc1)NC(=O)N1CCC(Oc2ccncc2)CC1. The molecule has 1 saturated heterocycles. The minimum atomic E-state index is -1.10. The summed E-state index contributed by atoms with van der Waals surface area (Å²) in [5, 5.41) is 21.3. The maximum Gasteiger partial charge on any atom is 0.326 e. The average molecular weight is 385 g/mol. The molecule has 0 spiro atoms. The van der Waals surface area contributed by atoms with Crippen molar-refractivity contribution in [3.63, 3.8) is 0 Å². The molecule has 0 radical (unpaired) electrons. The van der Waals surface area contributed by atoms with Gasteiger partial charge in [-0.25, -0.2) is 9.59 Å². The molecule has 28 heavy (non-hydrogen) atoms. The average Bonchev–Trinajstić information content (AvgIpc) is 2.70. The zero-order valence-corrected chi connectivity index (χ0v) is 15.3. The van der Waals surface area contributed by atoms with Gasteiger partial charge in [-0.15, -0.1) is 0 Å². The first-order valence-corrected chi connectivity index (χ1v) is 9.14. The van der Waals surface area contributed by atoms with Crippen molar-refractivity contribution in [1.82, 2.24) is 15.2 Å². The molecule has 0 saturated carbocycles. The van der Waals surface area contributed by atoms with Crippen LogP contribution in [0.15, 0.2) is 48.8 Å². The number of ether oxygens (including phenoxy) is 1. The van der Waals surface area contributed by atoms with E-state index in [9.17, 15) is 19.8 Å². The molecule has 0 aliphatic carbocycles. The number of carboxylic acids is 1. The predicted molar refractivity (Wildman–Crippen MR) is 101 cm³/mol. The standard InChI is InChI=1S/C20H23N3O5/c24-15-3-1-14(2-4-15)13-18(19(25)26)22-20(27)23-11-7-17(8-12-23)28-16-5-9-21-10-6-16/h1-6,9-10,17-18,24H,7-8,11-13H2,(H,22,27)(H,25,26)/t18-/m0/s1.